The normalized spacial score (nSPS) is 12.1. The molecule has 50 heavy (non-hydrogen) atoms. The monoisotopic (exact) mass is 726 g/mol. The second-order valence-electron chi connectivity index (χ2n) is 11.8. The Morgan fingerprint density at radius 2 is 1.74 bits per heavy atom. The number of hydrogen-bond acceptors (Lipinski definition) is 15. The van der Waals surface area contributed by atoms with Crippen LogP contribution in [0.3, 0.4) is 0 Å². The Hall–Kier alpha value is -5.13. The minimum absolute atomic E-state index is 0.301. The number of thiol groups is 1. The number of hydrogen-bond donors (Lipinski definition) is 4. The molecule has 17 heteroatoms. The van der Waals surface area contributed by atoms with Crippen LogP contribution in [0.2, 0.25) is 0 Å². The summed E-state index contributed by atoms with van der Waals surface area (Å²) in [4.78, 5) is 14.5. The standard InChI is InChI=1S/C33H38N14S3/c1-3-5-10-22(9-4-2)20-43(28-13-8-11-24(34)30(28)35)47(46-38-17-18-39-46)45(31-40-26-12-6-7-14-29(26)49-31)44(32-41-42-33(48)50-32)23-15-16-25-27(19-23)37-21-36-25/h6-8,11-19,21-22H,3-5,9-10,20,34-35H2,1-2H3,(H,36,37)(H,42,48). The van der Waals surface area contributed by atoms with E-state index >= 15 is 0 Å². The van der Waals surface area contributed by atoms with Crippen LogP contribution in [-0.2, 0) is 0 Å². The third-order valence-corrected chi connectivity index (χ3v) is 10.4. The summed E-state index contributed by atoms with van der Waals surface area (Å²) < 4.78 is 1.50. The molecule has 0 radical (unpaired) electrons. The van der Waals surface area contributed by atoms with Crippen molar-refractivity contribution in [1.82, 2.24) is 40.3 Å². The van der Waals surface area contributed by atoms with Crippen molar-refractivity contribution in [2.45, 2.75) is 50.3 Å². The molecule has 0 aliphatic carbocycles. The second kappa shape index (κ2) is 14.8. The summed E-state index contributed by atoms with van der Waals surface area (Å²) in [6, 6.07) is 19.7. The van der Waals surface area contributed by atoms with Gasteiger partial charge in [0.1, 0.15) is 0 Å². The quantitative estimate of drug-likeness (QED) is 0.0478. The number of nitrogens with two attached hydrogens (primary N) is 2. The first-order valence-corrected chi connectivity index (χ1v) is 18.5. The Kier molecular flexibility index (Phi) is 9.86. The molecule has 7 rings (SSSR count). The first-order valence-electron chi connectivity index (χ1n) is 16.4. The number of H-pyrrole nitrogens is 1. The molecule has 0 bridgehead atoms. The molecule has 14 nitrogen and oxygen atoms in total. The maximum absolute atomic E-state index is 6.85. The number of thiazole rings is 1. The number of benzene rings is 3. The number of para-hydroxylation sites is 2. The number of aromatic amines is 1. The van der Waals surface area contributed by atoms with Crippen molar-refractivity contribution in [1.29, 1.82) is 0 Å². The highest BCUT2D eigenvalue weighted by molar-refractivity contribution is 7.82. The van der Waals surface area contributed by atoms with Gasteiger partial charge in [-0.25, -0.2) is 20.0 Å². The van der Waals surface area contributed by atoms with Crippen LogP contribution in [0.25, 0.3) is 21.3 Å². The van der Waals surface area contributed by atoms with Gasteiger partial charge in [0.05, 0.1) is 62.7 Å². The van der Waals surface area contributed by atoms with Gasteiger partial charge in [-0.15, -0.1) is 38.1 Å². The summed E-state index contributed by atoms with van der Waals surface area (Å²) >= 11 is 7.42. The first-order chi connectivity index (χ1) is 24.4. The average molecular weight is 727 g/mol. The lowest BCUT2D eigenvalue weighted by molar-refractivity contribution is 0.369. The molecule has 4 aromatic heterocycles. The van der Waals surface area contributed by atoms with Crippen molar-refractivity contribution in [3.05, 3.63) is 79.4 Å². The van der Waals surface area contributed by atoms with Crippen molar-refractivity contribution >= 4 is 89.6 Å². The summed E-state index contributed by atoms with van der Waals surface area (Å²) in [6.07, 6.45) is 10.2. The molecule has 5 N–H and O–H groups in total. The number of anilines is 6. The Morgan fingerprint density at radius 1 is 0.900 bits per heavy atom. The average Bonchev–Trinajstić information content (AvgIpc) is 3.95. The van der Waals surface area contributed by atoms with Gasteiger partial charge in [-0.05, 0) is 66.1 Å². The van der Waals surface area contributed by atoms with Gasteiger partial charge in [-0.3, -0.25) is 0 Å². The number of rotatable bonds is 15. The number of aromatic nitrogens is 8. The van der Waals surface area contributed by atoms with Crippen molar-refractivity contribution in [2.24, 2.45) is 5.92 Å². The fraction of sp³-hybridized carbons (Fsp3) is 0.273. The zero-order chi connectivity index (χ0) is 34.6. The van der Waals surface area contributed by atoms with Crippen LogP contribution in [0.15, 0.2) is 83.7 Å². The highest BCUT2D eigenvalue weighted by Gasteiger charge is 2.38. The minimum Gasteiger partial charge on any atom is -0.397 e. The van der Waals surface area contributed by atoms with Crippen LogP contribution in [-0.4, -0.2) is 46.8 Å². The zero-order valence-electron chi connectivity index (χ0n) is 27.7. The van der Waals surface area contributed by atoms with E-state index in [1.165, 1.54) is 27.6 Å². The topological polar surface area (TPSA) is 163 Å². The maximum atomic E-state index is 6.85. The van der Waals surface area contributed by atoms with Crippen LogP contribution in [0.4, 0.5) is 33.0 Å². The van der Waals surface area contributed by atoms with Crippen molar-refractivity contribution in [3.63, 3.8) is 0 Å². The largest absolute Gasteiger partial charge is 0.397 e. The Balaban J connectivity index is 1.52. The summed E-state index contributed by atoms with van der Waals surface area (Å²) in [7, 11) is 0. The second-order valence-corrected chi connectivity index (χ2v) is 14.5. The summed E-state index contributed by atoms with van der Waals surface area (Å²) in [5, 5.41) is 27.3. The van der Waals surface area contributed by atoms with E-state index in [2.05, 4.69) is 57.7 Å². The van der Waals surface area contributed by atoms with E-state index in [1.54, 1.807) is 24.8 Å². The smallest absolute Gasteiger partial charge is 0.234 e. The number of unbranched alkanes of at least 4 members (excludes halogenated alkanes) is 1. The number of nitrogens with zero attached hydrogens (tertiary/aromatic N) is 11. The van der Waals surface area contributed by atoms with Crippen LogP contribution < -0.4 is 31.8 Å². The third kappa shape index (κ3) is 6.71. The fourth-order valence-electron chi connectivity index (χ4n) is 5.95. The molecule has 1 unspecified atom stereocenters. The third-order valence-electron chi connectivity index (χ3n) is 8.32. The van der Waals surface area contributed by atoms with Crippen molar-refractivity contribution < 1.29 is 0 Å². The number of fused-ring (bicyclic) bond motifs is 2. The Bertz CT molecular complexity index is 2130. The highest BCUT2D eigenvalue weighted by Crippen LogP contribution is 2.40. The molecule has 0 saturated carbocycles. The van der Waals surface area contributed by atoms with Gasteiger partial charge in [-0.1, -0.05) is 79.2 Å². The summed E-state index contributed by atoms with van der Waals surface area (Å²) in [5.41, 5.74) is 18.2. The van der Waals surface area contributed by atoms with Crippen LogP contribution in [0.1, 0.15) is 46.0 Å². The van der Waals surface area contributed by atoms with E-state index < -0.39 is 0 Å². The lowest BCUT2D eigenvalue weighted by Gasteiger charge is -2.46. The van der Waals surface area contributed by atoms with Gasteiger partial charge in [0.25, 0.3) is 0 Å². The molecular weight excluding hydrogens is 689 g/mol. The molecule has 4 heterocycles. The number of nitrogen functional groups attached to an aromatic ring is 2. The van der Waals surface area contributed by atoms with Crippen molar-refractivity contribution in [3.8, 4) is 0 Å². The highest BCUT2D eigenvalue weighted by atomic mass is 32.2. The van der Waals surface area contributed by atoms with E-state index in [0.29, 0.717) is 44.1 Å². The predicted molar refractivity (Wildman–Crippen MR) is 206 cm³/mol. The predicted octanol–water partition coefficient (Wildman–Crippen LogP) is 7.21. The maximum Gasteiger partial charge on any atom is 0.234 e. The molecule has 0 aliphatic heterocycles. The summed E-state index contributed by atoms with van der Waals surface area (Å²) in [5.74, 6) is 0.301. The molecule has 3 aromatic carbocycles. The van der Waals surface area contributed by atoms with Crippen molar-refractivity contribution in [2.75, 3.05) is 38.4 Å². The molecular formula is C33H38N14S3. The number of imidazole rings is 1. The lowest BCUT2D eigenvalue weighted by atomic mass is 9.96. The summed E-state index contributed by atoms with van der Waals surface area (Å²) in [6.45, 7) is 5.01. The number of nitrogens with one attached hydrogen (secondary N) is 1. The first kappa shape index (κ1) is 33.4. The molecule has 258 valence electrons. The Morgan fingerprint density at radius 3 is 2.50 bits per heavy atom. The van der Waals surface area contributed by atoms with Gasteiger partial charge in [-0.2, -0.15) is 0 Å². The Labute approximate surface area is 302 Å². The van der Waals surface area contributed by atoms with E-state index in [4.69, 9.17) is 26.6 Å². The van der Waals surface area contributed by atoms with Gasteiger partial charge in [0.15, 0.2) is 4.34 Å². The minimum atomic E-state index is 0.301. The molecule has 0 amide bonds. The fourth-order valence-corrected chi connectivity index (χ4v) is 7.77. The van der Waals surface area contributed by atoms with Crippen LogP contribution >= 0.6 is 35.3 Å². The van der Waals surface area contributed by atoms with E-state index in [1.807, 2.05) is 63.9 Å². The van der Waals surface area contributed by atoms with E-state index in [9.17, 15) is 0 Å². The molecule has 7 aromatic rings. The number of hydrazine groups is 3. The van der Waals surface area contributed by atoms with Gasteiger partial charge >= 0.3 is 0 Å². The van der Waals surface area contributed by atoms with E-state index in [-0.39, 0.29) is 0 Å². The lowest BCUT2D eigenvalue weighted by Crippen LogP contribution is -2.66. The molecule has 0 spiro atoms. The van der Waals surface area contributed by atoms with E-state index in [0.717, 1.165) is 59.0 Å². The van der Waals surface area contributed by atoms with Gasteiger partial charge < -0.3 is 16.5 Å². The van der Waals surface area contributed by atoms with Gasteiger partial charge in [0, 0.05) is 6.54 Å². The SMILES string of the molecule is CCCCC(CCC)CN(c1cccc(N)c1N)N(N(c1nc2ccccc2s1)N(c1ccc2[nH]cnc2c1)c1nnc(S)s1)n1nccn1. The zero-order valence-corrected chi connectivity index (χ0v) is 30.2. The molecule has 1 atom stereocenters. The van der Waals surface area contributed by atoms with Crippen LogP contribution in [0, 0.1) is 5.92 Å². The molecule has 0 aliphatic rings. The molecule has 0 saturated heterocycles. The van der Waals surface area contributed by atoms with Gasteiger partial charge in [0.2, 0.25) is 10.3 Å². The van der Waals surface area contributed by atoms with Crippen LogP contribution in [0.5, 0.6) is 0 Å². The molecule has 0 fully saturated rings.